The van der Waals surface area contributed by atoms with Gasteiger partial charge in [-0.25, -0.2) is 4.98 Å². The van der Waals surface area contributed by atoms with E-state index in [1.165, 1.54) is 16.9 Å². The van der Waals surface area contributed by atoms with E-state index in [9.17, 15) is 4.79 Å². The van der Waals surface area contributed by atoms with Gasteiger partial charge in [-0.1, -0.05) is 57.5 Å². The highest BCUT2D eigenvalue weighted by Gasteiger charge is 2.18. The van der Waals surface area contributed by atoms with Crippen LogP contribution in [0.5, 0.6) is 0 Å². The summed E-state index contributed by atoms with van der Waals surface area (Å²) in [6, 6.07) is 13.5. The number of thiophene rings is 1. The first-order valence-corrected chi connectivity index (χ1v) is 12.7. The van der Waals surface area contributed by atoms with Gasteiger partial charge >= 0.3 is 0 Å². The minimum atomic E-state index is -0.0814. The molecule has 4 rings (SSSR count). The van der Waals surface area contributed by atoms with Crippen LogP contribution < -0.4 is 5.32 Å². The highest BCUT2D eigenvalue weighted by Crippen LogP contribution is 2.29. The van der Waals surface area contributed by atoms with Crippen LogP contribution in [0, 0.1) is 20.8 Å². The average Bonchev–Trinajstić information content (AvgIpc) is 3.52. The van der Waals surface area contributed by atoms with E-state index in [0.717, 1.165) is 32.7 Å². The monoisotopic (exact) mass is 483 g/mol. The summed E-state index contributed by atoms with van der Waals surface area (Å²) < 4.78 is 5.08. The molecule has 0 saturated heterocycles. The Bertz CT molecular complexity index is 1150. The summed E-state index contributed by atoms with van der Waals surface area (Å²) in [7, 11) is 0. The van der Waals surface area contributed by atoms with E-state index in [0.29, 0.717) is 4.88 Å². The quantitative estimate of drug-likeness (QED) is 0.320. The molecule has 0 fully saturated rings. The van der Waals surface area contributed by atoms with Gasteiger partial charge in [-0.15, -0.1) is 22.7 Å². The molecule has 1 amide bonds. The average molecular weight is 484 g/mol. The highest BCUT2D eigenvalue weighted by atomic mass is 32.1. The van der Waals surface area contributed by atoms with Crippen molar-refractivity contribution in [2.24, 2.45) is 0 Å². The molecule has 7 heteroatoms. The molecule has 0 bridgehead atoms. The largest absolute Gasteiger partial charge is 0.361 e. The maximum Gasteiger partial charge on any atom is 0.265 e. The number of benzene rings is 1. The number of nitrogens with zero attached hydrogens (tertiary/aromatic N) is 2. The van der Waals surface area contributed by atoms with Gasteiger partial charge in [0, 0.05) is 22.5 Å². The lowest BCUT2D eigenvalue weighted by Gasteiger charge is -2.11. The van der Waals surface area contributed by atoms with E-state index < -0.39 is 0 Å². The zero-order chi connectivity index (χ0) is 24.6. The molecule has 1 aromatic carbocycles. The molecule has 0 aliphatic rings. The summed E-state index contributed by atoms with van der Waals surface area (Å²) in [5.41, 5.74) is 3.96. The van der Waals surface area contributed by atoms with Crippen LogP contribution in [0.4, 0.5) is 5.69 Å². The Morgan fingerprint density at radius 3 is 2.15 bits per heavy atom. The number of aromatic nitrogens is 2. The Morgan fingerprint density at radius 2 is 1.67 bits per heavy atom. The fraction of sp³-hybridized carbons (Fsp3) is 0.346. The van der Waals surface area contributed by atoms with Gasteiger partial charge in [-0.2, -0.15) is 0 Å². The van der Waals surface area contributed by atoms with E-state index >= 15 is 0 Å². The smallest absolute Gasteiger partial charge is 0.265 e. The van der Waals surface area contributed by atoms with Crippen LogP contribution in [-0.2, 0) is 5.41 Å². The van der Waals surface area contributed by atoms with E-state index in [4.69, 9.17) is 4.52 Å². The van der Waals surface area contributed by atoms with Crippen molar-refractivity contribution < 1.29 is 9.32 Å². The van der Waals surface area contributed by atoms with Gasteiger partial charge in [0.1, 0.15) is 5.76 Å². The minimum Gasteiger partial charge on any atom is -0.361 e. The van der Waals surface area contributed by atoms with Crippen molar-refractivity contribution in [1.29, 1.82) is 0 Å². The summed E-state index contributed by atoms with van der Waals surface area (Å²) in [6.45, 7) is 16.2. The number of carbonyl (C=O) groups excluding carboxylic acids is 1. The van der Waals surface area contributed by atoms with Crippen molar-refractivity contribution in [2.75, 3.05) is 5.32 Å². The number of aryl methyl sites for hydroxylation is 3. The molecule has 3 heterocycles. The maximum atomic E-state index is 12.2. The molecule has 0 spiro atoms. The second kappa shape index (κ2) is 11.9. The normalized spacial score (nSPS) is 10.5. The molecule has 33 heavy (non-hydrogen) atoms. The van der Waals surface area contributed by atoms with E-state index in [-0.39, 0.29) is 11.3 Å². The second-order valence-corrected chi connectivity index (χ2v) is 10.5. The fourth-order valence-corrected chi connectivity index (χ4v) is 4.17. The number of anilines is 1. The number of rotatable bonds is 3. The van der Waals surface area contributed by atoms with Gasteiger partial charge in [0.25, 0.3) is 5.91 Å². The van der Waals surface area contributed by atoms with Crippen molar-refractivity contribution in [3.05, 3.63) is 74.7 Å². The van der Waals surface area contributed by atoms with Crippen LogP contribution in [0.1, 0.15) is 66.3 Å². The van der Waals surface area contributed by atoms with Crippen molar-refractivity contribution >= 4 is 34.3 Å². The molecule has 0 saturated carbocycles. The zero-order valence-corrected chi connectivity index (χ0v) is 22.3. The van der Waals surface area contributed by atoms with Crippen molar-refractivity contribution in [3.8, 4) is 10.6 Å². The van der Waals surface area contributed by atoms with Crippen LogP contribution >= 0.6 is 22.7 Å². The molecule has 0 atom stereocenters. The first kappa shape index (κ1) is 26.5. The third-order valence-corrected chi connectivity index (χ3v) is 6.26. The third kappa shape index (κ3) is 7.94. The molecule has 176 valence electrons. The maximum absolute atomic E-state index is 12.2. The molecule has 0 aliphatic heterocycles. The van der Waals surface area contributed by atoms with Gasteiger partial charge in [0.2, 0.25) is 0 Å². The van der Waals surface area contributed by atoms with Crippen LogP contribution in [-0.4, -0.2) is 16.0 Å². The molecule has 4 aromatic rings. The Balaban J connectivity index is 0.000000270. The van der Waals surface area contributed by atoms with Crippen LogP contribution in [0.25, 0.3) is 10.6 Å². The number of thiazole rings is 1. The first-order valence-electron chi connectivity index (χ1n) is 11.0. The lowest BCUT2D eigenvalue weighted by Crippen LogP contribution is -2.09. The summed E-state index contributed by atoms with van der Waals surface area (Å²) in [5, 5.41) is 9.77. The topological polar surface area (TPSA) is 68.0 Å². The number of hydrogen-bond donors (Lipinski definition) is 1. The number of hydrogen-bond acceptors (Lipinski definition) is 6. The van der Waals surface area contributed by atoms with Crippen LogP contribution in [0.2, 0.25) is 0 Å². The van der Waals surface area contributed by atoms with E-state index in [2.05, 4.69) is 36.2 Å². The summed E-state index contributed by atoms with van der Waals surface area (Å²) in [5.74, 6) is 0.868. The molecular weight excluding hydrogens is 450 g/mol. The number of nitrogens with one attached hydrogen (secondary N) is 1. The number of carbonyl (C=O) groups is 1. The van der Waals surface area contributed by atoms with Gasteiger partial charge in [-0.3, -0.25) is 4.79 Å². The van der Waals surface area contributed by atoms with Crippen molar-refractivity contribution in [1.82, 2.24) is 10.1 Å². The summed E-state index contributed by atoms with van der Waals surface area (Å²) >= 11 is 3.08. The third-order valence-electron chi connectivity index (χ3n) is 4.38. The summed E-state index contributed by atoms with van der Waals surface area (Å²) in [4.78, 5) is 18.4. The van der Waals surface area contributed by atoms with Gasteiger partial charge in [-0.05, 0) is 45.0 Å². The Kier molecular flexibility index (Phi) is 9.56. The van der Waals surface area contributed by atoms with E-state index in [1.54, 1.807) is 11.3 Å². The van der Waals surface area contributed by atoms with Gasteiger partial charge in [0.05, 0.1) is 26.1 Å². The lowest BCUT2D eigenvalue weighted by molar-refractivity contribution is 0.103. The molecule has 0 radical (unpaired) electrons. The minimum absolute atomic E-state index is 0.0814. The Hall–Kier alpha value is -2.77. The predicted molar refractivity (Wildman–Crippen MR) is 141 cm³/mol. The molecule has 5 nitrogen and oxygen atoms in total. The molecule has 3 aromatic heterocycles. The highest BCUT2D eigenvalue weighted by molar-refractivity contribution is 7.18. The first-order chi connectivity index (χ1) is 15.6. The fourth-order valence-electron chi connectivity index (χ4n) is 2.62. The van der Waals surface area contributed by atoms with Crippen molar-refractivity contribution in [2.45, 2.75) is 60.8 Å². The molecule has 0 aliphatic carbocycles. The van der Waals surface area contributed by atoms with Crippen LogP contribution in [0.15, 0.2) is 52.4 Å². The molecule has 0 unspecified atom stereocenters. The molecular formula is C26H33N3O2S2. The second-order valence-electron chi connectivity index (χ2n) is 8.32. The van der Waals surface area contributed by atoms with Gasteiger partial charge in [0.15, 0.2) is 0 Å². The predicted octanol–water partition coefficient (Wildman–Crippen LogP) is 8.05. The molecule has 1 N–H and O–H groups in total. The van der Waals surface area contributed by atoms with Crippen molar-refractivity contribution in [3.63, 3.8) is 0 Å². The van der Waals surface area contributed by atoms with Gasteiger partial charge < -0.3 is 9.84 Å². The SMILES string of the molecule is CC.Cc1cc(C(C)(C)C)on1.Cc1ccc(NC(=O)c2ccc(-c3csc(C)n3)s2)cc1. The number of amides is 1. The standard InChI is InChI=1S/C16H14N2OS2.C8H13NO.C2H6/c1-10-3-5-12(6-4-10)18-16(19)15-8-7-14(21-15)13-9-20-11(2)17-13;1-6-5-7(10-9-6)8(2,3)4;1-2/h3-9H,1-2H3,(H,18,19);5H,1-4H3;1-2H3. The van der Waals surface area contributed by atoms with E-state index in [1.807, 2.05) is 82.5 Å². The van der Waals surface area contributed by atoms with Crippen LogP contribution in [0.3, 0.4) is 0 Å². The zero-order valence-electron chi connectivity index (χ0n) is 20.6. The Morgan fingerprint density at radius 1 is 1.00 bits per heavy atom. The summed E-state index contributed by atoms with van der Waals surface area (Å²) in [6.07, 6.45) is 0. The lowest BCUT2D eigenvalue weighted by atomic mass is 9.93. The Labute approximate surface area is 204 Å².